The fourth-order valence-electron chi connectivity index (χ4n) is 3.64. The molecule has 2 bridgehead atoms. The summed E-state index contributed by atoms with van der Waals surface area (Å²) < 4.78 is 0. The molecular formula is C19H20N2OS. The average molecular weight is 324 g/mol. The molecule has 1 fully saturated rings. The molecule has 1 aromatic carbocycles. The second kappa shape index (κ2) is 5.60. The van der Waals surface area contributed by atoms with Gasteiger partial charge >= 0.3 is 0 Å². The zero-order valence-electron chi connectivity index (χ0n) is 13.4. The van der Waals surface area contributed by atoms with Gasteiger partial charge < -0.3 is 5.32 Å². The van der Waals surface area contributed by atoms with E-state index in [0.717, 1.165) is 24.1 Å². The van der Waals surface area contributed by atoms with Crippen LogP contribution in [0.4, 0.5) is 5.13 Å². The van der Waals surface area contributed by atoms with Crippen molar-refractivity contribution in [3.05, 3.63) is 46.9 Å². The zero-order valence-corrected chi connectivity index (χ0v) is 14.2. The van der Waals surface area contributed by atoms with Crippen LogP contribution < -0.4 is 5.32 Å². The lowest BCUT2D eigenvalue weighted by Gasteiger charge is -2.16. The maximum atomic E-state index is 12.5. The molecule has 0 unspecified atom stereocenters. The number of nitrogens with one attached hydrogen (secondary N) is 1. The third-order valence-corrected chi connectivity index (χ3v) is 5.91. The number of hydrogen-bond donors (Lipinski definition) is 1. The highest BCUT2D eigenvalue weighted by atomic mass is 32.1. The number of benzene rings is 1. The number of aromatic nitrogens is 1. The SMILES string of the molecule is Cc1ccc(-c2csc(NC(=O)[C@H]3C[C@H]4C=C[C@H]3C4)n2)cc1C. The maximum absolute atomic E-state index is 12.5. The third-order valence-electron chi connectivity index (χ3n) is 5.15. The Morgan fingerprint density at radius 3 is 2.78 bits per heavy atom. The molecule has 2 aromatic rings. The normalized spacial score (nSPS) is 25.0. The molecular weight excluding hydrogens is 304 g/mol. The molecule has 1 N–H and O–H groups in total. The van der Waals surface area contributed by atoms with Gasteiger partial charge in [0.15, 0.2) is 5.13 Å². The van der Waals surface area contributed by atoms with Crippen LogP contribution in [0.5, 0.6) is 0 Å². The molecule has 0 aliphatic heterocycles. The van der Waals surface area contributed by atoms with Crippen molar-refractivity contribution in [3.8, 4) is 11.3 Å². The van der Waals surface area contributed by atoms with Crippen molar-refractivity contribution in [2.45, 2.75) is 26.7 Å². The van der Waals surface area contributed by atoms with E-state index in [9.17, 15) is 4.79 Å². The fourth-order valence-corrected chi connectivity index (χ4v) is 4.37. The Balaban J connectivity index is 1.48. The van der Waals surface area contributed by atoms with E-state index >= 15 is 0 Å². The number of aryl methyl sites for hydroxylation is 2. The maximum Gasteiger partial charge on any atom is 0.229 e. The summed E-state index contributed by atoms with van der Waals surface area (Å²) in [6, 6.07) is 6.35. The lowest BCUT2D eigenvalue weighted by atomic mass is 9.93. The van der Waals surface area contributed by atoms with E-state index in [1.165, 1.54) is 22.5 Å². The molecule has 23 heavy (non-hydrogen) atoms. The predicted molar refractivity (Wildman–Crippen MR) is 94.5 cm³/mol. The van der Waals surface area contributed by atoms with Crippen LogP contribution in [0.1, 0.15) is 24.0 Å². The fraction of sp³-hybridized carbons (Fsp3) is 0.368. The molecule has 0 saturated heterocycles. The van der Waals surface area contributed by atoms with E-state index < -0.39 is 0 Å². The van der Waals surface area contributed by atoms with Gasteiger partial charge in [0.05, 0.1) is 5.69 Å². The number of rotatable bonds is 3. The Kier molecular flexibility index (Phi) is 3.57. The quantitative estimate of drug-likeness (QED) is 0.840. The van der Waals surface area contributed by atoms with Crippen molar-refractivity contribution in [2.24, 2.45) is 17.8 Å². The van der Waals surface area contributed by atoms with E-state index in [1.807, 2.05) is 5.38 Å². The first-order chi connectivity index (χ1) is 11.1. The van der Waals surface area contributed by atoms with Crippen LogP contribution in [0.2, 0.25) is 0 Å². The number of carbonyl (C=O) groups excluding carboxylic acids is 1. The van der Waals surface area contributed by atoms with Gasteiger partial charge in [0.1, 0.15) is 0 Å². The molecule has 3 nitrogen and oxygen atoms in total. The second-order valence-electron chi connectivity index (χ2n) is 6.71. The summed E-state index contributed by atoms with van der Waals surface area (Å²) in [5.74, 6) is 1.29. The Bertz CT molecular complexity index is 792. The molecule has 4 heteroatoms. The van der Waals surface area contributed by atoms with Gasteiger partial charge in [0.2, 0.25) is 5.91 Å². The number of carbonyl (C=O) groups is 1. The summed E-state index contributed by atoms with van der Waals surface area (Å²) in [5.41, 5.74) is 4.57. The smallest absolute Gasteiger partial charge is 0.229 e. The number of nitrogens with zero attached hydrogens (tertiary/aromatic N) is 1. The van der Waals surface area contributed by atoms with Crippen LogP contribution in [-0.2, 0) is 4.79 Å². The predicted octanol–water partition coefficient (Wildman–Crippen LogP) is 4.58. The summed E-state index contributed by atoms with van der Waals surface area (Å²) in [6.07, 6.45) is 6.60. The van der Waals surface area contributed by atoms with Gasteiger partial charge in [0, 0.05) is 16.9 Å². The number of fused-ring (bicyclic) bond motifs is 2. The number of anilines is 1. The summed E-state index contributed by atoms with van der Waals surface area (Å²) in [6.45, 7) is 4.21. The van der Waals surface area contributed by atoms with Gasteiger partial charge in [-0.05, 0) is 55.7 Å². The highest BCUT2D eigenvalue weighted by Gasteiger charge is 2.39. The molecule has 3 atom stereocenters. The van der Waals surface area contributed by atoms with Gasteiger partial charge in [-0.15, -0.1) is 11.3 Å². The molecule has 118 valence electrons. The molecule has 1 heterocycles. The molecule has 4 rings (SSSR count). The minimum atomic E-state index is 0.124. The van der Waals surface area contributed by atoms with Crippen LogP contribution in [0.25, 0.3) is 11.3 Å². The van der Waals surface area contributed by atoms with Gasteiger partial charge in [0.25, 0.3) is 0 Å². The standard InChI is InChI=1S/C19H20N2OS/c1-11-3-5-15(7-12(11)2)17-10-23-19(20-17)21-18(22)16-9-13-4-6-14(16)8-13/h3-7,10,13-14,16H,8-9H2,1-2H3,(H,20,21,22)/t13-,14-,16-/m0/s1. The summed E-state index contributed by atoms with van der Waals surface area (Å²) in [7, 11) is 0. The van der Waals surface area contributed by atoms with Crippen LogP contribution in [-0.4, -0.2) is 10.9 Å². The Labute approximate surface area is 140 Å². The van der Waals surface area contributed by atoms with Gasteiger partial charge in [-0.3, -0.25) is 4.79 Å². The zero-order chi connectivity index (χ0) is 16.0. The third kappa shape index (κ3) is 2.72. The lowest BCUT2D eigenvalue weighted by Crippen LogP contribution is -2.25. The van der Waals surface area contributed by atoms with Crippen molar-refractivity contribution in [3.63, 3.8) is 0 Å². The Morgan fingerprint density at radius 2 is 2.09 bits per heavy atom. The van der Waals surface area contributed by atoms with Crippen LogP contribution in [0.15, 0.2) is 35.7 Å². The minimum Gasteiger partial charge on any atom is -0.302 e. The Morgan fingerprint density at radius 1 is 1.22 bits per heavy atom. The van der Waals surface area contributed by atoms with E-state index in [1.54, 1.807) is 0 Å². The number of amides is 1. The molecule has 1 amide bonds. The molecule has 1 aromatic heterocycles. The van der Waals surface area contributed by atoms with E-state index in [0.29, 0.717) is 17.0 Å². The first-order valence-corrected chi connectivity index (χ1v) is 9.00. The topological polar surface area (TPSA) is 42.0 Å². The first-order valence-electron chi connectivity index (χ1n) is 8.12. The molecule has 0 radical (unpaired) electrons. The molecule has 2 aliphatic carbocycles. The van der Waals surface area contributed by atoms with Gasteiger partial charge in [-0.1, -0.05) is 24.3 Å². The lowest BCUT2D eigenvalue weighted by molar-refractivity contribution is -0.120. The van der Waals surface area contributed by atoms with Crippen molar-refractivity contribution in [1.29, 1.82) is 0 Å². The monoisotopic (exact) mass is 324 g/mol. The number of allylic oxidation sites excluding steroid dienone is 2. The van der Waals surface area contributed by atoms with Crippen molar-refractivity contribution < 1.29 is 4.79 Å². The van der Waals surface area contributed by atoms with Crippen LogP contribution in [0.3, 0.4) is 0 Å². The number of thiazole rings is 1. The Hall–Kier alpha value is -1.94. The van der Waals surface area contributed by atoms with Crippen LogP contribution >= 0.6 is 11.3 Å². The van der Waals surface area contributed by atoms with Gasteiger partial charge in [-0.25, -0.2) is 4.98 Å². The molecule has 0 spiro atoms. The summed E-state index contributed by atoms with van der Waals surface area (Å²) >= 11 is 1.50. The van der Waals surface area contributed by atoms with Crippen molar-refractivity contribution >= 4 is 22.4 Å². The van der Waals surface area contributed by atoms with E-state index in [-0.39, 0.29) is 11.8 Å². The van der Waals surface area contributed by atoms with E-state index in [2.05, 4.69) is 54.5 Å². The van der Waals surface area contributed by atoms with E-state index in [4.69, 9.17) is 0 Å². The summed E-state index contributed by atoms with van der Waals surface area (Å²) in [4.78, 5) is 17.1. The molecule has 1 saturated carbocycles. The summed E-state index contributed by atoms with van der Waals surface area (Å²) in [5, 5.41) is 5.74. The van der Waals surface area contributed by atoms with Crippen molar-refractivity contribution in [2.75, 3.05) is 5.32 Å². The minimum absolute atomic E-state index is 0.124. The molecule has 2 aliphatic rings. The van der Waals surface area contributed by atoms with Crippen LogP contribution in [0, 0.1) is 31.6 Å². The van der Waals surface area contributed by atoms with Crippen molar-refractivity contribution in [1.82, 2.24) is 4.98 Å². The number of hydrogen-bond acceptors (Lipinski definition) is 3. The first kappa shape index (κ1) is 14.6. The van der Waals surface area contributed by atoms with Gasteiger partial charge in [-0.2, -0.15) is 0 Å². The second-order valence-corrected chi connectivity index (χ2v) is 7.57. The largest absolute Gasteiger partial charge is 0.302 e. The highest BCUT2D eigenvalue weighted by Crippen LogP contribution is 2.43. The highest BCUT2D eigenvalue weighted by molar-refractivity contribution is 7.14. The average Bonchev–Trinajstić information content (AvgIpc) is 3.26.